The molecule has 2 rings (SSSR count). The number of hydrogen-bond donors (Lipinski definition) is 0. The molecule has 0 unspecified atom stereocenters. The first-order valence-electron chi connectivity index (χ1n) is 6.52. The number of allylic oxidation sites excluding steroid dienone is 1. The average Bonchev–Trinajstić information content (AvgIpc) is 2.43. The van der Waals surface area contributed by atoms with Gasteiger partial charge in [0.25, 0.3) is 0 Å². The number of amides is 1. The zero-order valence-electron chi connectivity index (χ0n) is 11.7. The molecular formula is C15H18BrNO3. The number of nitrogens with zero attached hydrogens (tertiary/aromatic N) is 1. The fourth-order valence-corrected chi connectivity index (χ4v) is 2.66. The summed E-state index contributed by atoms with van der Waals surface area (Å²) in [7, 11) is 3.45. The van der Waals surface area contributed by atoms with Crippen LogP contribution < -0.4 is 4.74 Å². The van der Waals surface area contributed by atoms with Crippen molar-refractivity contribution in [2.45, 2.75) is 12.8 Å². The highest BCUT2D eigenvalue weighted by Gasteiger charge is 2.20. The molecule has 0 bridgehead atoms. The second-order valence-corrected chi connectivity index (χ2v) is 5.42. The number of carbonyl (C=O) groups is 1. The number of halogens is 1. The van der Waals surface area contributed by atoms with Crippen molar-refractivity contribution in [1.82, 2.24) is 4.90 Å². The molecule has 0 saturated heterocycles. The van der Waals surface area contributed by atoms with Crippen molar-refractivity contribution >= 4 is 27.5 Å². The second-order valence-electron chi connectivity index (χ2n) is 4.56. The van der Waals surface area contributed by atoms with Crippen molar-refractivity contribution in [3.8, 4) is 5.75 Å². The number of ether oxygens (including phenoxy) is 2. The molecular weight excluding hydrogens is 322 g/mol. The van der Waals surface area contributed by atoms with Crippen molar-refractivity contribution in [3.05, 3.63) is 34.3 Å². The van der Waals surface area contributed by atoms with Crippen LogP contribution >= 0.6 is 15.9 Å². The maximum Gasteiger partial charge on any atom is 0.227 e. The molecule has 0 fully saturated rings. The first-order valence-corrected chi connectivity index (χ1v) is 7.31. The Morgan fingerprint density at radius 3 is 2.85 bits per heavy atom. The normalized spacial score (nSPS) is 15.2. The van der Waals surface area contributed by atoms with Crippen LogP contribution in [-0.2, 0) is 9.53 Å². The van der Waals surface area contributed by atoms with Crippen LogP contribution in [0.25, 0.3) is 5.70 Å². The predicted molar refractivity (Wildman–Crippen MR) is 81.5 cm³/mol. The minimum Gasteiger partial charge on any atom is -0.491 e. The first kappa shape index (κ1) is 15.1. The Kier molecular flexibility index (Phi) is 5.20. The number of methoxy groups -OCH3 is 1. The number of carbonyl (C=O) groups excluding carboxylic acids is 1. The molecule has 0 N–H and O–H groups in total. The van der Waals surface area contributed by atoms with Crippen LogP contribution in [0.2, 0.25) is 0 Å². The van der Waals surface area contributed by atoms with Gasteiger partial charge in [-0.1, -0.05) is 6.08 Å². The van der Waals surface area contributed by atoms with E-state index in [0.29, 0.717) is 19.6 Å². The highest BCUT2D eigenvalue weighted by atomic mass is 79.9. The van der Waals surface area contributed by atoms with Gasteiger partial charge in [-0.2, -0.15) is 0 Å². The van der Waals surface area contributed by atoms with Crippen LogP contribution in [0, 0.1) is 0 Å². The van der Waals surface area contributed by atoms with Gasteiger partial charge in [-0.3, -0.25) is 4.79 Å². The lowest BCUT2D eigenvalue weighted by molar-refractivity contribution is -0.127. The van der Waals surface area contributed by atoms with Gasteiger partial charge in [0, 0.05) is 36.3 Å². The molecule has 1 amide bonds. The third kappa shape index (κ3) is 3.41. The maximum absolute atomic E-state index is 11.8. The SMILES string of the molecule is COCCOc1ccc(C2=CCCC(=O)N2C)c(Br)c1. The van der Waals surface area contributed by atoms with E-state index in [2.05, 4.69) is 22.0 Å². The zero-order valence-corrected chi connectivity index (χ0v) is 13.3. The van der Waals surface area contributed by atoms with Gasteiger partial charge in [0.2, 0.25) is 5.91 Å². The van der Waals surface area contributed by atoms with Crippen molar-refractivity contribution < 1.29 is 14.3 Å². The summed E-state index contributed by atoms with van der Waals surface area (Å²) in [5.41, 5.74) is 1.94. The van der Waals surface area contributed by atoms with Crippen LogP contribution in [0.15, 0.2) is 28.7 Å². The van der Waals surface area contributed by atoms with E-state index in [9.17, 15) is 4.79 Å². The minimum absolute atomic E-state index is 0.148. The van der Waals surface area contributed by atoms with E-state index in [0.717, 1.165) is 27.9 Å². The van der Waals surface area contributed by atoms with Gasteiger partial charge >= 0.3 is 0 Å². The number of rotatable bonds is 5. The molecule has 108 valence electrons. The van der Waals surface area contributed by atoms with Crippen LogP contribution in [-0.4, -0.2) is 38.2 Å². The van der Waals surface area contributed by atoms with Gasteiger partial charge in [-0.15, -0.1) is 0 Å². The van der Waals surface area contributed by atoms with E-state index in [-0.39, 0.29) is 5.91 Å². The number of benzene rings is 1. The molecule has 0 spiro atoms. The molecule has 0 aliphatic carbocycles. The average molecular weight is 340 g/mol. The molecule has 1 aliphatic heterocycles. The molecule has 0 aromatic heterocycles. The minimum atomic E-state index is 0.148. The first-order chi connectivity index (χ1) is 9.63. The molecule has 1 aliphatic rings. The molecule has 0 saturated carbocycles. The molecule has 1 aromatic rings. The topological polar surface area (TPSA) is 38.8 Å². The Morgan fingerprint density at radius 2 is 2.15 bits per heavy atom. The molecule has 5 heteroatoms. The lowest BCUT2D eigenvalue weighted by Gasteiger charge is -2.25. The van der Waals surface area contributed by atoms with Gasteiger partial charge in [-0.05, 0) is 40.5 Å². The van der Waals surface area contributed by atoms with Crippen LogP contribution in [0.1, 0.15) is 18.4 Å². The summed E-state index contributed by atoms with van der Waals surface area (Å²) >= 11 is 3.55. The lowest BCUT2D eigenvalue weighted by atomic mass is 10.0. The molecule has 1 heterocycles. The molecule has 0 radical (unpaired) electrons. The zero-order chi connectivity index (χ0) is 14.5. The summed E-state index contributed by atoms with van der Waals surface area (Å²) in [4.78, 5) is 13.5. The fraction of sp³-hybridized carbons (Fsp3) is 0.400. The van der Waals surface area contributed by atoms with E-state index >= 15 is 0 Å². The molecule has 20 heavy (non-hydrogen) atoms. The smallest absolute Gasteiger partial charge is 0.227 e. The Labute approximate surface area is 127 Å². The van der Waals surface area contributed by atoms with Crippen LogP contribution in [0.3, 0.4) is 0 Å². The Hall–Kier alpha value is -1.33. The van der Waals surface area contributed by atoms with E-state index in [4.69, 9.17) is 9.47 Å². The lowest BCUT2D eigenvalue weighted by Crippen LogP contribution is -2.27. The highest BCUT2D eigenvalue weighted by Crippen LogP contribution is 2.32. The fourth-order valence-electron chi connectivity index (χ4n) is 2.10. The summed E-state index contributed by atoms with van der Waals surface area (Å²) in [5, 5.41) is 0. The van der Waals surface area contributed by atoms with Crippen molar-refractivity contribution in [2.75, 3.05) is 27.4 Å². The van der Waals surface area contributed by atoms with Crippen LogP contribution in [0.5, 0.6) is 5.75 Å². The third-order valence-corrected chi connectivity index (χ3v) is 3.86. The van der Waals surface area contributed by atoms with Gasteiger partial charge in [0.05, 0.1) is 6.61 Å². The van der Waals surface area contributed by atoms with Crippen LogP contribution in [0.4, 0.5) is 0 Å². The Bertz CT molecular complexity index is 528. The standard InChI is InChI=1S/C15H18BrNO3/c1-17-14(4-3-5-15(17)18)12-7-6-11(10-13(12)16)20-9-8-19-2/h4,6-7,10H,3,5,8-9H2,1-2H3. The Balaban J connectivity index is 2.17. The monoisotopic (exact) mass is 339 g/mol. The van der Waals surface area contributed by atoms with Crippen molar-refractivity contribution in [3.63, 3.8) is 0 Å². The second kappa shape index (κ2) is 6.90. The van der Waals surface area contributed by atoms with Crippen molar-refractivity contribution in [1.29, 1.82) is 0 Å². The van der Waals surface area contributed by atoms with Gasteiger partial charge < -0.3 is 14.4 Å². The maximum atomic E-state index is 11.8. The van der Waals surface area contributed by atoms with E-state index in [1.807, 2.05) is 25.2 Å². The Morgan fingerprint density at radius 1 is 1.35 bits per heavy atom. The third-order valence-electron chi connectivity index (χ3n) is 3.20. The quantitative estimate of drug-likeness (QED) is 0.774. The molecule has 1 aromatic carbocycles. The summed E-state index contributed by atoms with van der Waals surface area (Å²) in [6, 6.07) is 5.79. The summed E-state index contributed by atoms with van der Waals surface area (Å²) in [6.45, 7) is 1.07. The highest BCUT2D eigenvalue weighted by molar-refractivity contribution is 9.10. The van der Waals surface area contributed by atoms with Gasteiger partial charge in [0.1, 0.15) is 12.4 Å². The van der Waals surface area contributed by atoms with E-state index < -0.39 is 0 Å². The predicted octanol–water partition coefficient (Wildman–Crippen LogP) is 3.07. The summed E-state index contributed by atoms with van der Waals surface area (Å²) in [5.74, 6) is 0.929. The summed E-state index contributed by atoms with van der Waals surface area (Å²) < 4.78 is 11.4. The van der Waals surface area contributed by atoms with Gasteiger partial charge in [0.15, 0.2) is 0 Å². The van der Waals surface area contributed by atoms with E-state index in [1.54, 1.807) is 12.0 Å². The summed E-state index contributed by atoms with van der Waals surface area (Å²) in [6.07, 6.45) is 3.46. The molecule has 0 atom stereocenters. The number of hydrogen-bond acceptors (Lipinski definition) is 3. The van der Waals surface area contributed by atoms with E-state index in [1.165, 1.54) is 0 Å². The molecule has 4 nitrogen and oxygen atoms in total. The van der Waals surface area contributed by atoms with Gasteiger partial charge in [-0.25, -0.2) is 0 Å². The largest absolute Gasteiger partial charge is 0.491 e. The van der Waals surface area contributed by atoms with Crippen molar-refractivity contribution in [2.24, 2.45) is 0 Å².